The van der Waals surface area contributed by atoms with E-state index in [1.165, 1.54) is 12.1 Å². The predicted molar refractivity (Wildman–Crippen MR) is 42.6 cm³/mol. The summed E-state index contributed by atoms with van der Waals surface area (Å²) in [6.45, 7) is 0. The van der Waals surface area contributed by atoms with Crippen LogP contribution in [0.1, 0.15) is 0 Å². The van der Waals surface area contributed by atoms with E-state index in [2.05, 4.69) is 4.98 Å². The lowest BCUT2D eigenvalue weighted by Crippen LogP contribution is -1.82. The smallest absolute Gasteiger partial charge is 0.294 e. The first kappa shape index (κ1) is 5.18. The standard InChI is InChI=1S/C8H8N2O/c1-11-8-9-6-4-2-3-5-7(6)10-8/h2-5H,1H3,(H,9,10)/i/hD. The van der Waals surface area contributed by atoms with Crippen molar-refractivity contribution in [2.75, 3.05) is 7.11 Å². The van der Waals surface area contributed by atoms with Gasteiger partial charge in [-0.3, -0.25) is 0 Å². The lowest BCUT2D eigenvalue weighted by molar-refractivity contribution is 0.386. The van der Waals surface area contributed by atoms with Crippen LogP contribution in [0.2, 0.25) is 1.41 Å². The number of H-pyrrole nitrogens is 1. The highest BCUT2D eigenvalue weighted by atomic mass is 16.5. The average molecular weight is 149 g/mol. The Labute approximate surface area is 65.5 Å². The van der Waals surface area contributed by atoms with Gasteiger partial charge in [-0.15, -0.1) is 0 Å². The number of methoxy groups -OCH3 is 1. The number of rotatable bonds is 1. The fourth-order valence-electron chi connectivity index (χ4n) is 0.976. The maximum Gasteiger partial charge on any atom is 0.294 e. The molecule has 0 saturated carbocycles. The molecule has 0 atom stereocenters. The molecule has 0 unspecified atom stereocenters. The van der Waals surface area contributed by atoms with Gasteiger partial charge in [-0.25, -0.2) is 0 Å². The predicted octanol–water partition coefficient (Wildman–Crippen LogP) is 1.57. The summed E-state index contributed by atoms with van der Waals surface area (Å²) in [6, 6.07) is 7.75. The molecule has 1 N–H and O–H groups in total. The van der Waals surface area contributed by atoms with Crippen LogP contribution in [0.25, 0.3) is 11.0 Å². The Bertz CT molecular complexity index is 410. The van der Waals surface area contributed by atoms with E-state index in [0.717, 1.165) is 11.0 Å². The van der Waals surface area contributed by atoms with E-state index in [4.69, 9.17) is 6.15 Å². The van der Waals surface area contributed by atoms with Gasteiger partial charge in [0.25, 0.3) is 6.01 Å². The number of hydrogen-bond acceptors (Lipinski definition) is 2. The summed E-state index contributed by atoms with van der Waals surface area (Å²) in [6.07, 6.45) is 0. The van der Waals surface area contributed by atoms with Crippen molar-refractivity contribution in [3.63, 3.8) is 0 Å². The van der Waals surface area contributed by atoms with Crippen molar-refractivity contribution < 1.29 is 6.15 Å². The Balaban J connectivity index is 2.78. The zero-order valence-corrected chi connectivity index (χ0v) is 6.11. The molecule has 1 aromatic carbocycles. The first-order chi connectivity index (χ1) is 5.83. The molecule has 2 rings (SSSR count). The van der Waals surface area contributed by atoms with Gasteiger partial charge in [0.15, 0.2) is 1.41 Å². The van der Waals surface area contributed by atoms with Gasteiger partial charge in [-0.2, -0.15) is 4.98 Å². The Kier molecular flexibility index (Phi) is 1.07. The summed E-state index contributed by atoms with van der Waals surface area (Å²) in [4.78, 5) is 5.26. The van der Waals surface area contributed by atoms with Crippen LogP contribution in [0.3, 0.4) is 0 Å². The number of fused-ring (bicyclic) bond motifs is 1. The zero-order chi connectivity index (χ0) is 8.55. The van der Waals surface area contributed by atoms with Crippen molar-refractivity contribution in [2.45, 2.75) is 0 Å². The molecule has 2 aromatic rings. The van der Waals surface area contributed by atoms with Crippen molar-refractivity contribution in [3.05, 3.63) is 24.3 Å². The van der Waals surface area contributed by atoms with Gasteiger partial charge in [0, 0.05) is 0 Å². The minimum Gasteiger partial charge on any atom is -0.468 e. The molecular weight excluding hydrogens is 140 g/mol. The van der Waals surface area contributed by atoms with Crippen molar-refractivity contribution >= 4 is 11.0 Å². The second-order valence-corrected chi connectivity index (χ2v) is 2.20. The highest BCUT2D eigenvalue weighted by molar-refractivity contribution is 5.75. The summed E-state index contributed by atoms with van der Waals surface area (Å²) < 4.78 is 12.4. The molecular formula is C8H8N2O. The molecule has 0 fully saturated rings. The molecule has 11 heavy (non-hydrogen) atoms. The largest absolute Gasteiger partial charge is 0.468 e. The number of ether oxygens (including phenoxy) is 1. The number of para-hydroxylation sites is 2. The summed E-state index contributed by atoms with van der Waals surface area (Å²) >= 11 is 0. The quantitative estimate of drug-likeness (QED) is 0.668. The Morgan fingerprint density at radius 3 is 3.09 bits per heavy atom. The van der Waals surface area contributed by atoms with Crippen LogP contribution in [0, 0.1) is 0 Å². The van der Waals surface area contributed by atoms with Crippen LogP contribution < -0.4 is 4.74 Å². The molecule has 0 aliphatic carbocycles. The number of aromatic nitrogens is 2. The minimum atomic E-state index is 0.316. The topological polar surface area (TPSA) is 37.9 Å². The van der Waals surface area contributed by atoms with Gasteiger partial charge < -0.3 is 9.71 Å². The van der Waals surface area contributed by atoms with E-state index >= 15 is 0 Å². The van der Waals surface area contributed by atoms with Gasteiger partial charge in [0.1, 0.15) is 0 Å². The highest BCUT2D eigenvalue weighted by Gasteiger charge is 1.98. The van der Waals surface area contributed by atoms with E-state index in [0.29, 0.717) is 6.01 Å². The third-order valence-corrected chi connectivity index (χ3v) is 1.50. The van der Waals surface area contributed by atoms with E-state index in [-0.39, 0.29) is 0 Å². The molecule has 3 heteroatoms. The number of nitrogens with zero attached hydrogens (tertiary/aromatic N) is 1. The zero-order valence-electron chi connectivity index (χ0n) is 7.11. The van der Waals surface area contributed by atoms with Crippen molar-refractivity contribution in [1.29, 1.82) is 0 Å². The molecule has 0 amide bonds. The van der Waals surface area contributed by atoms with Gasteiger partial charge >= 0.3 is 0 Å². The maximum absolute atomic E-state index is 7.55. The van der Waals surface area contributed by atoms with E-state index < -0.39 is 0 Å². The summed E-state index contributed by atoms with van der Waals surface area (Å²) in [5.41, 5.74) is 1.54. The van der Waals surface area contributed by atoms with Crippen molar-refractivity contribution in [2.24, 2.45) is 0 Å². The second-order valence-electron chi connectivity index (χ2n) is 2.20. The Morgan fingerprint density at radius 2 is 2.36 bits per heavy atom. The first-order valence-electron chi connectivity index (χ1n) is 3.78. The van der Waals surface area contributed by atoms with Crippen LogP contribution in [-0.2, 0) is 0 Å². The van der Waals surface area contributed by atoms with E-state index in [1.807, 2.05) is 24.3 Å². The number of nitrogens with one attached hydrogen (secondary N) is 1. The average Bonchev–Trinajstić information content (AvgIpc) is 2.44. The molecule has 0 aliphatic heterocycles. The number of benzene rings is 1. The molecule has 3 nitrogen and oxygen atoms in total. The normalized spacial score (nSPS) is 11.5. The van der Waals surface area contributed by atoms with Crippen LogP contribution in [0.4, 0.5) is 0 Å². The lowest BCUT2D eigenvalue weighted by Gasteiger charge is -1.86. The van der Waals surface area contributed by atoms with Crippen LogP contribution in [0.15, 0.2) is 24.3 Å². The molecule has 1 aromatic heterocycles. The van der Waals surface area contributed by atoms with Gasteiger partial charge in [-0.05, 0) is 12.1 Å². The SMILES string of the molecule is [2H]n1c(OC)nc2ccccc21. The highest BCUT2D eigenvalue weighted by Crippen LogP contribution is 2.13. The van der Waals surface area contributed by atoms with Crippen molar-refractivity contribution in [1.82, 2.24) is 9.96 Å². The third kappa shape index (κ3) is 0.941. The Hall–Kier alpha value is -1.51. The van der Waals surface area contributed by atoms with Crippen LogP contribution in [0.5, 0.6) is 6.01 Å². The number of imidazole rings is 1. The van der Waals surface area contributed by atoms with Crippen LogP contribution >= 0.6 is 0 Å². The third-order valence-electron chi connectivity index (χ3n) is 1.50. The second kappa shape index (κ2) is 2.27. The summed E-state index contributed by atoms with van der Waals surface area (Å²) in [5.74, 6) is 0. The van der Waals surface area contributed by atoms with Gasteiger partial charge in [0.2, 0.25) is 0 Å². The number of hydrogen-bond donors (Lipinski definition) is 1. The maximum atomic E-state index is 7.55. The van der Waals surface area contributed by atoms with Gasteiger partial charge in [0.05, 0.1) is 18.1 Å². The molecule has 0 bridgehead atoms. The van der Waals surface area contributed by atoms with Gasteiger partial charge in [-0.1, -0.05) is 12.1 Å². The fourth-order valence-corrected chi connectivity index (χ4v) is 0.976. The van der Waals surface area contributed by atoms with E-state index in [1.54, 1.807) is 0 Å². The molecule has 1 heterocycles. The molecule has 56 valence electrons. The molecule has 0 aliphatic rings. The fraction of sp³-hybridized carbons (Fsp3) is 0.125. The van der Waals surface area contributed by atoms with E-state index in [9.17, 15) is 0 Å². The number of aromatic amines is 1. The molecule has 0 saturated heterocycles. The first-order valence-corrected chi connectivity index (χ1v) is 3.33. The lowest BCUT2D eigenvalue weighted by atomic mass is 10.3. The van der Waals surface area contributed by atoms with Crippen molar-refractivity contribution in [3.8, 4) is 6.01 Å². The molecule has 0 spiro atoms. The minimum absolute atomic E-state index is 0.316. The molecule has 0 radical (unpaired) electrons. The summed E-state index contributed by atoms with van der Waals surface area (Å²) in [5, 5.41) is 0. The van der Waals surface area contributed by atoms with Crippen LogP contribution in [-0.4, -0.2) is 17.1 Å². The Morgan fingerprint density at radius 1 is 1.55 bits per heavy atom. The monoisotopic (exact) mass is 149 g/mol. The summed E-state index contributed by atoms with van der Waals surface area (Å²) in [7, 11) is 1.51.